The first kappa shape index (κ1) is 25.4. The summed E-state index contributed by atoms with van der Waals surface area (Å²) in [6.45, 7) is 0.311. The molecule has 3 rings (SSSR count). The van der Waals surface area contributed by atoms with Gasteiger partial charge in [-0.2, -0.15) is 11.8 Å². The molecule has 7 heteroatoms. The Morgan fingerprint density at radius 1 is 0.848 bits per heavy atom. The maximum absolute atomic E-state index is 10.5. The Bertz CT molecular complexity index is 947. The minimum absolute atomic E-state index is 0.165. The molecular weight excluding hydrogens is 479 g/mol. The van der Waals surface area contributed by atoms with Gasteiger partial charge in [0.15, 0.2) is 6.61 Å². The molecule has 0 unspecified atom stereocenters. The van der Waals surface area contributed by atoms with Crippen LogP contribution in [0.25, 0.3) is 0 Å². The lowest BCUT2D eigenvalue weighted by atomic mass is 10.0. The molecule has 0 amide bonds. The number of hydrogen-bond donors (Lipinski definition) is 1. The van der Waals surface area contributed by atoms with Crippen molar-refractivity contribution in [1.29, 1.82) is 0 Å². The molecule has 0 heterocycles. The number of halogens is 2. The van der Waals surface area contributed by atoms with Crippen molar-refractivity contribution in [3.8, 4) is 5.75 Å². The van der Waals surface area contributed by atoms with Crippen LogP contribution in [0.15, 0.2) is 72.8 Å². The van der Waals surface area contributed by atoms with Crippen molar-refractivity contribution in [1.82, 2.24) is 0 Å². The van der Waals surface area contributed by atoms with Crippen molar-refractivity contribution < 1.29 is 19.4 Å². The van der Waals surface area contributed by atoms with Gasteiger partial charge in [-0.25, -0.2) is 4.79 Å². The van der Waals surface area contributed by atoms with Crippen molar-refractivity contribution in [3.05, 3.63) is 99.5 Å². The maximum atomic E-state index is 10.5. The molecule has 33 heavy (non-hydrogen) atoms. The predicted octanol–water partition coefficient (Wildman–Crippen LogP) is 6.93. The Morgan fingerprint density at radius 2 is 1.42 bits per heavy atom. The zero-order valence-electron chi connectivity index (χ0n) is 18.1. The highest BCUT2D eigenvalue weighted by molar-refractivity contribution is 7.99. The molecule has 0 fully saturated rings. The summed E-state index contributed by atoms with van der Waals surface area (Å²) in [5, 5.41) is 10.1. The van der Waals surface area contributed by atoms with E-state index in [2.05, 4.69) is 0 Å². The van der Waals surface area contributed by atoms with E-state index in [1.807, 2.05) is 84.6 Å². The summed E-state index contributed by atoms with van der Waals surface area (Å²) >= 11 is 14.0. The minimum Gasteiger partial charge on any atom is -0.482 e. The number of hydrogen-bond acceptors (Lipinski definition) is 4. The van der Waals surface area contributed by atoms with E-state index in [0.717, 1.165) is 35.5 Å². The van der Waals surface area contributed by atoms with Crippen molar-refractivity contribution in [2.45, 2.75) is 18.9 Å². The predicted molar refractivity (Wildman–Crippen MR) is 136 cm³/mol. The van der Waals surface area contributed by atoms with Gasteiger partial charge < -0.3 is 14.6 Å². The number of carboxylic acids is 1. The van der Waals surface area contributed by atoms with E-state index < -0.39 is 5.97 Å². The smallest absolute Gasteiger partial charge is 0.341 e. The fraction of sp³-hybridized carbons (Fsp3) is 0.269. The average molecular weight is 505 g/mol. The van der Waals surface area contributed by atoms with Gasteiger partial charge in [0, 0.05) is 15.8 Å². The molecule has 0 radical (unpaired) electrons. The van der Waals surface area contributed by atoms with Crippen molar-refractivity contribution in [2.75, 3.05) is 24.7 Å². The van der Waals surface area contributed by atoms with Crippen LogP contribution >= 0.6 is 35.0 Å². The number of benzene rings is 3. The molecule has 3 aromatic rings. The summed E-state index contributed by atoms with van der Waals surface area (Å²) < 4.78 is 11.4. The van der Waals surface area contributed by atoms with Crippen LogP contribution in [-0.2, 0) is 16.0 Å². The average Bonchev–Trinajstić information content (AvgIpc) is 2.82. The second-order valence-corrected chi connectivity index (χ2v) is 9.49. The molecule has 0 aromatic heterocycles. The van der Waals surface area contributed by atoms with Crippen LogP contribution in [0, 0.1) is 0 Å². The zero-order chi connectivity index (χ0) is 23.5. The van der Waals surface area contributed by atoms with Crippen LogP contribution < -0.4 is 4.74 Å². The Labute approximate surface area is 208 Å². The first-order valence-corrected chi connectivity index (χ1v) is 12.6. The first-order valence-electron chi connectivity index (χ1n) is 10.6. The Balaban J connectivity index is 1.40. The Hall–Kier alpha value is -2.18. The van der Waals surface area contributed by atoms with E-state index in [0.29, 0.717) is 22.4 Å². The third-order valence-electron chi connectivity index (χ3n) is 4.90. The van der Waals surface area contributed by atoms with Crippen LogP contribution in [0.4, 0.5) is 0 Å². The molecule has 0 spiro atoms. The second kappa shape index (κ2) is 13.5. The Morgan fingerprint density at radius 3 is 1.97 bits per heavy atom. The molecule has 0 aliphatic carbocycles. The van der Waals surface area contributed by atoms with Gasteiger partial charge in [0.05, 0.1) is 6.61 Å². The van der Waals surface area contributed by atoms with Gasteiger partial charge in [-0.05, 0) is 71.7 Å². The number of aryl methyl sites for hydroxylation is 1. The molecule has 0 atom stereocenters. The van der Waals surface area contributed by atoms with Gasteiger partial charge in [-0.1, -0.05) is 59.6 Å². The fourth-order valence-corrected chi connectivity index (χ4v) is 4.28. The van der Waals surface area contributed by atoms with Crippen LogP contribution in [0.3, 0.4) is 0 Å². The second-order valence-electron chi connectivity index (χ2n) is 7.40. The summed E-state index contributed by atoms with van der Waals surface area (Å²) in [5.41, 5.74) is 3.32. The quantitative estimate of drug-likeness (QED) is 0.255. The van der Waals surface area contributed by atoms with Gasteiger partial charge >= 0.3 is 5.97 Å². The normalized spacial score (nSPS) is 11.0. The van der Waals surface area contributed by atoms with Crippen molar-refractivity contribution in [3.63, 3.8) is 0 Å². The number of rotatable bonds is 13. The highest BCUT2D eigenvalue weighted by atomic mass is 35.5. The molecule has 0 bridgehead atoms. The summed E-state index contributed by atoms with van der Waals surface area (Å²) in [7, 11) is 0. The molecular formula is C26H26Cl2O4S. The zero-order valence-corrected chi connectivity index (χ0v) is 20.4. The number of thioether (sulfide) groups is 1. The van der Waals surface area contributed by atoms with Crippen LogP contribution in [0.2, 0.25) is 10.0 Å². The first-order chi connectivity index (χ1) is 16.0. The molecule has 1 N–H and O–H groups in total. The number of ether oxygens (including phenoxy) is 2. The minimum atomic E-state index is -0.979. The van der Waals surface area contributed by atoms with Crippen LogP contribution in [-0.4, -0.2) is 35.8 Å². The van der Waals surface area contributed by atoms with Gasteiger partial charge in [-0.3, -0.25) is 0 Å². The largest absolute Gasteiger partial charge is 0.482 e. The van der Waals surface area contributed by atoms with E-state index in [1.54, 1.807) is 0 Å². The topological polar surface area (TPSA) is 55.8 Å². The molecule has 0 saturated heterocycles. The van der Waals surface area contributed by atoms with E-state index in [9.17, 15) is 4.79 Å². The standard InChI is InChI=1S/C26H26Cl2O4S/c27-22-9-5-20(6-10-22)26(21-7-11-23(28)12-8-21)31-15-17-33-16-1-2-19-3-13-24(14-4-19)32-18-25(29)30/h3-14,26H,1-2,15-18H2,(H,29,30). The van der Waals surface area contributed by atoms with Gasteiger partial charge in [0.1, 0.15) is 11.9 Å². The summed E-state index contributed by atoms with van der Waals surface area (Å²) in [6, 6.07) is 23.1. The molecule has 174 valence electrons. The third-order valence-corrected chi connectivity index (χ3v) is 6.43. The summed E-state index contributed by atoms with van der Waals surface area (Å²) in [5.74, 6) is 1.53. The van der Waals surface area contributed by atoms with Crippen molar-refractivity contribution >= 4 is 40.9 Å². The van der Waals surface area contributed by atoms with Crippen molar-refractivity contribution in [2.24, 2.45) is 0 Å². The van der Waals surface area contributed by atoms with E-state index in [-0.39, 0.29) is 12.7 Å². The fourth-order valence-electron chi connectivity index (χ4n) is 3.26. The molecule has 0 aliphatic rings. The molecule has 4 nitrogen and oxygen atoms in total. The molecule has 0 saturated carbocycles. The molecule has 0 aliphatic heterocycles. The highest BCUT2D eigenvalue weighted by Crippen LogP contribution is 2.28. The van der Waals surface area contributed by atoms with E-state index in [4.69, 9.17) is 37.8 Å². The lowest BCUT2D eigenvalue weighted by Crippen LogP contribution is -2.09. The SMILES string of the molecule is O=C(O)COc1ccc(CCCSCCOC(c2ccc(Cl)cc2)c2ccc(Cl)cc2)cc1. The van der Waals surface area contributed by atoms with E-state index in [1.165, 1.54) is 5.56 Å². The number of carboxylic acid groups (broad SMARTS) is 1. The van der Waals surface area contributed by atoms with Crippen LogP contribution in [0.5, 0.6) is 5.75 Å². The summed E-state index contributed by atoms with van der Waals surface area (Å²) in [4.78, 5) is 10.5. The number of carbonyl (C=O) groups is 1. The van der Waals surface area contributed by atoms with E-state index >= 15 is 0 Å². The Kier molecular flexibility index (Phi) is 10.4. The lowest BCUT2D eigenvalue weighted by Gasteiger charge is -2.19. The van der Waals surface area contributed by atoms with Gasteiger partial charge in [-0.15, -0.1) is 0 Å². The highest BCUT2D eigenvalue weighted by Gasteiger charge is 2.15. The number of aliphatic carboxylic acids is 1. The molecule has 3 aromatic carbocycles. The van der Waals surface area contributed by atoms with Gasteiger partial charge in [0.2, 0.25) is 0 Å². The monoisotopic (exact) mass is 504 g/mol. The van der Waals surface area contributed by atoms with Crippen LogP contribution in [0.1, 0.15) is 29.2 Å². The summed E-state index contributed by atoms with van der Waals surface area (Å²) in [6.07, 6.45) is 1.85. The van der Waals surface area contributed by atoms with Gasteiger partial charge in [0.25, 0.3) is 0 Å². The third kappa shape index (κ3) is 8.94. The maximum Gasteiger partial charge on any atom is 0.341 e. The lowest BCUT2D eigenvalue weighted by molar-refractivity contribution is -0.139.